The Kier molecular flexibility index (Phi) is 5.29. The highest BCUT2D eigenvalue weighted by Crippen LogP contribution is 2.27. The number of carbonyl (C=O) groups excluding carboxylic acids is 1. The first-order chi connectivity index (χ1) is 13.6. The lowest BCUT2D eigenvalue weighted by molar-refractivity contribution is -0.117. The van der Waals surface area contributed by atoms with Crippen molar-refractivity contribution < 1.29 is 4.79 Å². The van der Waals surface area contributed by atoms with Gasteiger partial charge in [0.2, 0.25) is 5.91 Å². The van der Waals surface area contributed by atoms with E-state index < -0.39 is 0 Å². The van der Waals surface area contributed by atoms with E-state index in [0.717, 1.165) is 42.0 Å². The lowest BCUT2D eigenvalue weighted by Gasteiger charge is -2.34. The van der Waals surface area contributed by atoms with Crippen LogP contribution in [-0.2, 0) is 11.8 Å². The van der Waals surface area contributed by atoms with Crippen molar-refractivity contribution in [3.63, 3.8) is 0 Å². The van der Waals surface area contributed by atoms with Gasteiger partial charge in [-0.3, -0.25) is 9.48 Å². The number of hydrogen-bond acceptors (Lipinski definition) is 5. The number of allylic oxidation sites excluding steroid dienone is 1. The van der Waals surface area contributed by atoms with Gasteiger partial charge in [-0.1, -0.05) is 6.08 Å². The van der Waals surface area contributed by atoms with Crippen molar-refractivity contribution in [1.82, 2.24) is 29.7 Å². The van der Waals surface area contributed by atoms with Gasteiger partial charge in [0.1, 0.15) is 5.52 Å². The molecule has 0 radical (unpaired) electrons. The second kappa shape index (κ2) is 8.02. The van der Waals surface area contributed by atoms with Gasteiger partial charge in [-0.2, -0.15) is 10.2 Å². The van der Waals surface area contributed by atoms with Crippen molar-refractivity contribution in [1.29, 1.82) is 0 Å². The molecule has 1 N–H and O–H groups in total. The van der Waals surface area contributed by atoms with E-state index in [1.54, 1.807) is 23.2 Å². The molecule has 0 aliphatic carbocycles. The summed E-state index contributed by atoms with van der Waals surface area (Å²) in [7, 11) is 1.88. The fourth-order valence-corrected chi connectivity index (χ4v) is 3.61. The molecular weight excluding hydrogens is 378 g/mol. The second-order valence-electron chi connectivity index (χ2n) is 6.86. The van der Waals surface area contributed by atoms with Crippen molar-refractivity contribution in [3.05, 3.63) is 43.0 Å². The van der Waals surface area contributed by atoms with E-state index in [4.69, 9.17) is 16.6 Å². The summed E-state index contributed by atoms with van der Waals surface area (Å²) in [6, 6.07) is 2.02. The topological polar surface area (TPSA) is 80.4 Å². The predicted molar refractivity (Wildman–Crippen MR) is 108 cm³/mol. The van der Waals surface area contributed by atoms with Crippen LogP contribution in [0.25, 0.3) is 16.8 Å². The molecule has 3 aromatic heterocycles. The van der Waals surface area contributed by atoms with Crippen LogP contribution in [0.4, 0.5) is 5.82 Å². The Balaban J connectivity index is 1.61. The summed E-state index contributed by atoms with van der Waals surface area (Å²) >= 11 is 5.61. The van der Waals surface area contributed by atoms with Crippen LogP contribution in [-0.4, -0.2) is 55.3 Å². The molecule has 9 heteroatoms. The highest BCUT2D eigenvalue weighted by molar-refractivity contribution is 6.19. The average molecular weight is 400 g/mol. The SMILES string of the molecule is Cn1cc(-c2cn3nccc3c(N3CCCC(NC(=O)C=CCCl)C3)n2)cn1. The molecule has 4 rings (SSSR count). The van der Waals surface area contributed by atoms with Crippen LogP contribution in [0.3, 0.4) is 0 Å². The van der Waals surface area contributed by atoms with E-state index in [0.29, 0.717) is 12.4 Å². The monoisotopic (exact) mass is 399 g/mol. The van der Waals surface area contributed by atoms with Gasteiger partial charge in [0.15, 0.2) is 5.82 Å². The molecule has 1 aliphatic rings. The predicted octanol–water partition coefficient (Wildman–Crippen LogP) is 2.01. The quantitative estimate of drug-likeness (QED) is 0.524. The molecule has 0 bridgehead atoms. The fraction of sp³-hybridized carbons (Fsp3) is 0.368. The molecule has 8 nitrogen and oxygen atoms in total. The molecule has 28 heavy (non-hydrogen) atoms. The van der Waals surface area contributed by atoms with Gasteiger partial charge in [0, 0.05) is 49.9 Å². The fourth-order valence-electron chi connectivity index (χ4n) is 3.52. The zero-order valence-electron chi connectivity index (χ0n) is 15.6. The third-order valence-electron chi connectivity index (χ3n) is 4.80. The Bertz CT molecular complexity index is 1010. The molecule has 1 unspecified atom stereocenters. The molecule has 0 saturated carbocycles. The molecule has 0 spiro atoms. The van der Waals surface area contributed by atoms with Gasteiger partial charge in [-0.15, -0.1) is 11.6 Å². The number of nitrogens with zero attached hydrogens (tertiary/aromatic N) is 6. The van der Waals surface area contributed by atoms with E-state index in [1.807, 2.05) is 30.0 Å². The molecule has 1 amide bonds. The number of carbonyl (C=O) groups is 1. The average Bonchev–Trinajstić information content (AvgIpc) is 3.34. The summed E-state index contributed by atoms with van der Waals surface area (Å²) in [4.78, 5) is 19.1. The molecule has 146 valence electrons. The lowest BCUT2D eigenvalue weighted by Crippen LogP contribution is -2.47. The number of rotatable bonds is 5. The maximum absolute atomic E-state index is 12.0. The standard InChI is InChI=1S/C19H22ClN7O/c1-25-11-14(10-22-25)16-13-27-17(6-8-21-27)19(24-16)26-9-3-4-15(12-26)23-18(28)5-2-7-20/h2,5-6,8,10-11,13,15H,3-4,7,9,12H2,1H3,(H,23,28). The number of alkyl halides is 1. The highest BCUT2D eigenvalue weighted by atomic mass is 35.5. The van der Waals surface area contributed by atoms with Crippen molar-refractivity contribution in [2.24, 2.45) is 7.05 Å². The van der Waals surface area contributed by atoms with Crippen LogP contribution in [0.5, 0.6) is 0 Å². The Morgan fingerprint density at radius 2 is 2.29 bits per heavy atom. The third-order valence-corrected chi connectivity index (χ3v) is 4.97. The smallest absolute Gasteiger partial charge is 0.243 e. The van der Waals surface area contributed by atoms with Crippen molar-refractivity contribution in [2.45, 2.75) is 18.9 Å². The maximum Gasteiger partial charge on any atom is 0.243 e. The van der Waals surface area contributed by atoms with Crippen LogP contribution in [0.2, 0.25) is 0 Å². The second-order valence-corrected chi connectivity index (χ2v) is 7.17. The number of piperidine rings is 1. The van der Waals surface area contributed by atoms with Gasteiger partial charge < -0.3 is 10.2 Å². The van der Waals surface area contributed by atoms with Crippen molar-refractivity contribution in [2.75, 3.05) is 23.9 Å². The molecular formula is C19H22ClN7O. The Morgan fingerprint density at radius 3 is 3.07 bits per heavy atom. The zero-order valence-corrected chi connectivity index (χ0v) is 16.4. The van der Waals surface area contributed by atoms with E-state index in [2.05, 4.69) is 20.4 Å². The Labute approximate surface area is 167 Å². The molecule has 0 aromatic carbocycles. The van der Waals surface area contributed by atoms with E-state index in [1.165, 1.54) is 6.08 Å². The van der Waals surface area contributed by atoms with Gasteiger partial charge in [-0.05, 0) is 18.9 Å². The molecule has 3 aromatic rings. The molecule has 1 saturated heterocycles. The zero-order chi connectivity index (χ0) is 19.5. The van der Waals surface area contributed by atoms with Crippen molar-refractivity contribution >= 4 is 28.8 Å². The van der Waals surface area contributed by atoms with Crippen LogP contribution in [0, 0.1) is 0 Å². The third kappa shape index (κ3) is 3.87. The van der Waals surface area contributed by atoms with Crippen LogP contribution in [0.1, 0.15) is 12.8 Å². The summed E-state index contributed by atoms with van der Waals surface area (Å²) in [5, 5.41) is 11.7. The van der Waals surface area contributed by atoms with Crippen LogP contribution >= 0.6 is 11.6 Å². The minimum Gasteiger partial charge on any atom is -0.353 e. The lowest BCUT2D eigenvalue weighted by atomic mass is 10.1. The van der Waals surface area contributed by atoms with Gasteiger partial charge in [-0.25, -0.2) is 9.50 Å². The number of aromatic nitrogens is 5. The Hall–Kier alpha value is -2.87. The van der Waals surface area contributed by atoms with Gasteiger partial charge in [0.25, 0.3) is 0 Å². The van der Waals surface area contributed by atoms with E-state index in [9.17, 15) is 4.79 Å². The summed E-state index contributed by atoms with van der Waals surface area (Å²) in [5.74, 6) is 1.09. The van der Waals surface area contributed by atoms with Gasteiger partial charge in [0.05, 0.1) is 24.3 Å². The number of hydrogen-bond donors (Lipinski definition) is 1. The number of aryl methyl sites for hydroxylation is 1. The van der Waals surface area contributed by atoms with Crippen LogP contribution < -0.4 is 10.2 Å². The first-order valence-corrected chi connectivity index (χ1v) is 9.79. The highest BCUT2D eigenvalue weighted by Gasteiger charge is 2.24. The molecule has 4 heterocycles. The maximum atomic E-state index is 12.0. The number of amides is 1. The van der Waals surface area contributed by atoms with E-state index in [-0.39, 0.29) is 11.9 Å². The van der Waals surface area contributed by atoms with Gasteiger partial charge >= 0.3 is 0 Å². The summed E-state index contributed by atoms with van der Waals surface area (Å²) in [6.07, 6.45) is 12.5. The Morgan fingerprint density at radius 1 is 1.39 bits per heavy atom. The number of halogens is 1. The first-order valence-electron chi connectivity index (χ1n) is 9.25. The number of anilines is 1. The normalized spacial score (nSPS) is 17.5. The molecule has 1 fully saturated rings. The number of nitrogens with one attached hydrogen (secondary N) is 1. The minimum absolute atomic E-state index is 0.0630. The minimum atomic E-state index is -0.112. The summed E-state index contributed by atoms with van der Waals surface area (Å²) < 4.78 is 3.60. The summed E-state index contributed by atoms with van der Waals surface area (Å²) in [6.45, 7) is 1.58. The molecule has 1 aliphatic heterocycles. The van der Waals surface area contributed by atoms with E-state index >= 15 is 0 Å². The number of fused-ring (bicyclic) bond motifs is 1. The van der Waals surface area contributed by atoms with Crippen LogP contribution in [0.15, 0.2) is 43.0 Å². The van der Waals surface area contributed by atoms with Crippen molar-refractivity contribution in [3.8, 4) is 11.3 Å². The summed E-state index contributed by atoms with van der Waals surface area (Å²) in [5.41, 5.74) is 2.70. The molecule has 1 atom stereocenters. The first kappa shape index (κ1) is 18.5. The largest absolute Gasteiger partial charge is 0.353 e.